The van der Waals surface area contributed by atoms with E-state index in [4.69, 9.17) is 0 Å². The molecule has 0 saturated carbocycles. The highest BCUT2D eigenvalue weighted by molar-refractivity contribution is 7.18. The van der Waals surface area contributed by atoms with E-state index in [1.54, 1.807) is 4.57 Å². The fourth-order valence-electron chi connectivity index (χ4n) is 1.96. The van der Waals surface area contributed by atoms with Gasteiger partial charge in [0.15, 0.2) is 5.01 Å². The lowest BCUT2D eigenvalue weighted by molar-refractivity contribution is 0.588. The van der Waals surface area contributed by atoms with Crippen LogP contribution in [0.25, 0.3) is 10.6 Å². The molecule has 0 aliphatic rings. The van der Waals surface area contributed by atoms with E-state index in [2.05, 4.69) is 22.4 Å². The van der Waals surface area contributed by atoms with Gasteiger partial charge in [-0.05, 0) is 25.5 Å². The lowest BCUT2D eigenvalue weighted by Crippen LogP contribution is -2.20. The summed E-state index contributed by atoms with van der Waals surface area (Å²) in [5.41, 5.74) is 0.647. The Balaban J connectivity index is 2.22. The van der Waals surface area contributed by atoms with Crippen molar-refractivity contribution in [3.63, 3.8) is 0 Å². The van der Waals surface area contributed by atoms with Gasteiger partial charge in [0.05, 0.1) is 5.56 Å². The number of rotatable bonds is 7. The molecule has 0 saturated heterocycles. The Morgan fingerprint density at radius 3 is 2.90 bits per heavy atom. The second-order valence-electron chi connectivity index (χ2n) is 4.57. The molecular formula is C14H20N4OS. The number of unbranched alkanes of at least 4 members (excludes halogenated alkanes) is 2. The minimum Gasteiger partial charge on any atom is -0.360 e. The minimum absolute atomic E-state index is 0.0165. The van der Waals surface area contributed by atoms with Crippen molar-refractivity contribution in [2.24, 2.45) is 0 Å². The summed E-state index contributed by atoms with van der Waals surface area (Å²) in [4.78, 5) is 12.4. The van der Waals surface area contributed by atoms with Crippen LogP contribution in [0.3, 0.4) is 0 Å². The Hall–Kier alpha value is -1.69. The number of aryl methyl sites for hydroxylation is 1. The minimum atomic E-state index is 0.0165. The van der Waals surface area contributed by atoms with Crippen LogP contribution in [0, 0.1) is 0 Å². The molecule has 108 valence electrons. The van der Waals surface area contributed by atoms with Crippen molar-refractivity contribution in [3.05, 3.63) is 28.7 Å². The molecule has 0 aromatic carbocycles. The molecule has 0 aliphatic carbocycles. The molecule has 0 radical (unpaired) electrons. The summed E-state index contributed by atoms with van der Waals surface area (Å²) < 4.78 is 1.76. The lowest BCUT2D eigenvalue weighted by Gasteiger charge is -2.05. The second-order valence-corrected chi connectivity index (χ2v) is 5.55. The first kappa shape index (κ1) is 14.7. The highest BCUT2D eigenvalue weighted by Crippen LogP contribution is 2.23. The molecule has 0 fully saturated rings. The summed E-state index contributed by atoms with van der Waals surface area (Å²) >= 11 is 1.42. The highest BCUT2D eigenvalue weighted by Gasteiger charge is 2.11. The molecule has 0 spiro atoms. The summed E-state index contributed by atoms with van der Waals surface area (Å²) in [6, 6.07) is 3.71. The van der Waals surface area contributed by atoms with Crippen molar-refractivity contribution in [2.45, 2.75) is 39.7 Å². The first-order valence-electron chi connectivity index (χ1n) is 7.03. The molecule has 0 bridgehead atoms. The largest absolute Gasteiger partial charge is 0.360 e. The van der Waals surface area contributed by atoms with Crippen molar-refractivity contribution >= 4 is 16.5 Å². The van der Waals surface area contributed by atoms with Crippen LogP contribution < -0.4 is 10.9 Å². The number of nitrogens with zero attached hydrogens (tertiary/aromatic N) is 3. The summed E-state index contributed by atoms with van der Waals surface area (Å²) in [7, 11) is 0. The third-order valence-electron chi connectivity index (χ3n) is 3.01. The molecule has 2 rings (SSSR count). The monoisotopic (exact) mass is 292 g/mol. The zero-order valence-corrected chi connectivity index (χ0v) is 12.7. The fourth-order valence-corrected chi connectivity index (χ4v) is 2.79. The maximum atomic E-state index is 12.4. The Kier molecular flexibility index (Phi) is 5.29. The molecule has 5 nitrogen and oxygen atoms in total. The number of aromatic nitrogens is 3. The molecule has 2 heterocycles. The average molecular weight is 292 g/mol. The quantitative estimate of drug-likeness (QED) is 0.797. The third-order valence-corrected chi connectivity index (χ3v) is 3.92. The molecule has 0 atom stereocenters. The fraction of sp³-hybridized carbons (Fsp3) is 0.500. The maximum Gasteiger partial charge on any atom is 0.260 e. The van der Waals surface area contributed by atoms with E-state index in [-0.39, 0.29) is 5.56 Å². The van der Waals surface area contributed by atoms with Gasteiger partial charge in [-0.2, -0.15) is 0 Å². The summed E-state index contributed by atoms with van der Waals surface area (Å²) in [6.45, 7) is 5.72. The Labute approximate surface area is 122 Å². The van der Waals surface area contributed by atoms with Gasteiger partial charge in [-0.1, -0.05) is 31.1 Å². The smallest absolute Gasteiger partial charge is 0.260 e. The third kappa shape index (κ3) is 3.45. The number of nitrogens with one attached hydrogen (secondary N) is 1. The molecular weight excluding hydrogens is 272 g/mol. The van der Waals surface area contributed by atoms with Crippen LogP contribution in [0.5, 0.6) is 0 Å². The van der Waals surface area contributed by atoms with Crippen molar-refractivity contribution in [3.8, 4) is 10.6 Å². The molecule has 0 unspecified atom stereocenters. The van der Waals surface area contributed by atoms with Gasteiger partial charge in [-0.15, -0.1) is 10.2 Å². The standard InChI is InChI=1S/C14H20N4OS/c1-3-5-6-9-18-10-7-8-11(13(18)19)12-16-17-14(20-12)15-4-2/h7-8,10H,3-6,9H2,1-2H3,(H,15,17). The number of hydrogen-bond acceptors (Lipinski definition) is 5. The van der Waals surface area contributed by atoms with Crippen molar-refractivity contribution in [1.82, 2.24) is 14.8 Å². The molecule has 0 amide bonds. The van der Waals surface area contributed by atoms with Crippen LogP contribution >= 0.6 is 11.3 Å². The maximum absolute atomic E-state index is 12.4. The summed E-state index contributed by atoms with van der Waals surface area (Å²) in [6.07, 6.45) is 5.16. The Bertz CT molecular complexity index is 605. The van der Waals surface area contributed by atoms with Crippen LogP contribution in [0.15, 0.2) is 23.1 Å². The van der Waals surface area contributed by atoms with Gasteiger partial charge in [0.25, 0.3) is 5.56 Å². The second kappa shape index (κ2) is 7.19. The van der Waals surface area contributed by atoms with Gasteiger partial charge in [0.1, 0.15) is 0 Å². The van der Waals surface area contributed by atoms with E-state index in [1.807, 2.05) is 25.3 Å². The lowest BCUT2D eigenvalue weighted by atomic mass is 10.2. The van der Waals surface area contributed by atoms with E-state index in [1.165, 1.54) is 11.3 Å². The van der Waals surface area contributed by atoms with Crippen LogP contribution in [-0.2, 0) is 6.54 Å². The summed E-state index contributed by atoms with van der Waals surface area (Å²) in [5, 5.41) is 12.7. The molecule has 1 N–H and O–H groups in total. The molecule has 6 heteroatoms. The van der Waals surface area contributed by atoms with Gasteiger partial charge in [-0.25, -0.2) is 0 Å². The normalized spacial score (nSPS) is 10.7. The van der Waals surface area contributed by atoms with E-state index in [0.717, 1.165) is 37.5 Å². The predicted octanol–water partition coefficient (Wildman–Crippen LogP) is 2.99. The van der Waals surface area contributed by atoms with Crippen LogP contribution in [0.2, 0.25) is 0 Å². The Morgan fingerprint density at radius 1 is 1.30 bits per heavy atom. The van der Waals surface area contributed by atoms with Gasteiger partial charge < -0.3 is 9.88 Å². The van der Waals surface area contributed by atoms with Crippen molar-refractivity contribution < 1.29 is 0 Å². The molecule has 0 aliphatic heterocycles. The van der Waals surface area contributed by atoms with E-state index < -0.39 is 0 Å². The number of anilines is 1. The SMILES string of the molecule is CCCCCn1cccc(-c2nnc(NCC)s2)c1=O. The molecule has 20 heavy (non-hydrogen) atoms. The predicted molar refractivity (Wildman–Crippen MR) is 83.3 cm³/mol. The topological polar surface area (TPSA) is 59.8 Å². The van der Waals surface area contributed by atoms with E-state index >= 15 is 0 Å². The Morgan fingerprint density at radius 2 is 2.15 bits per heavy atom. The summed E-state index contributed by atoms with van der Waals surface area (Å²) in [5.74, 6) is 0. The average Bonchev–Trinajstić information content (AvgIpc) is 2.90. The van der Waals surface area contributed by atoms with Crippen LogP contribution in [-0.4, -0.2) is 21.3 Å². The zero-order chi connectivity index (χ0) is 14.4. The molecule has 2 aromatic rings. The van der Waals surface area contributed by atoms with Crippen molar-refractivity contribution in [1.29, 1.82) is 0 Å². The van der Waals surface area contributed by atoms with Gasteiger partial charge in [0.2, 0.25) is 5.13 Å². The van der Waals surface area contributed by atoms with Crippen LogP contribution in [0.4, 0.5) is 5.13 Å². The number of hydrogen-bond donors (Lipinski definition) is 1. The number of pyridine rings is 1. The first-order valence-corrected chi connectivity index (χ1v) is 7.85. The highest BCUT2D eigenvalue weighted by atomic mass is 32.1. The first-order chi connectivity index (χ1) is 9.76. The van der Waals surface area contributed by atoms with E-state index in [0.29, 0.717) is 10.6 Å². The van der Waals surface area contributed by atoms with E-state index in [9.17, 15) is 4.79 Å². The van der Waals surface area contributed by atoms with Crippen LogP contribution in [0.1, 0.15) is 33.1 Å². The zero-order valence-electron chi connectivity index (χ0n) is 11.9. The van der Waals surface area contributed by atoms with Crippen molar-refractivity contribution in [2.75, 3.05) is 11.9 Å². The molecule has 2 aromatic heterocycles. The van der Waals surface area contributed by atoms with Gasteiger partial charge in [-0.3, -0.25) is 4.79 Å². The van der Waals surface area contributed by atoms with Gasteiger partial charge in [0, 0.05) is 19.3 Å². The van der Waals surface area contributed by atoms with Gasteiger partial charge >= 0.3 is 0 Å².